The van der Waals surface area contributed by atoms with Gasteiger partial charge in [-0.3, -0.25) is 9.82 Å². The molecule has 1 heterocycles. The Balaban J connectivity index is 2.37. The number of alkyl halides is 1. The SMILES string of the molecule is O=S(=O)(CBr)Nc1ccc2cn[nH]c2c1. The van der Waals surface area contributed by atoms with Crippen LogP contribution in [0.25, 0.3) is 10.9 Å². The highest BCUT2D eigenvalue weighted by Gasteiger charge is 2.07. The van der Waals surface area contributed by atoms with E-state index < -0.39 is 10.0 Å². The molecule has 5 nitrogen and oxygen atoms in total. The van der Waals surface area contributed by atoms with Gasteiger partial charge in [-0.15, -0.1) is 0 Å². The van der Waals surface area contributed by atoms with Crippen LogP contribution >= 0.6 is 15.9 Å². The van der Waals surface area contributed by atoms with Crippen molar-refractivity contribution in [3.8, 4) is 0 Å². The van der Waals surface area contributed by atoms with Gasteiger partial charge in [-0.25, -0.2) is 8.42 Å². The summed E-state index contributed by atoms with van der Waals surface area (Å²) in [6.07, 6.45) is 1.68. The highest BCUT2D eigenvalue weighted by atomic mass is 79.9. The van der Waals surface area contributed by atoms with Crippen LogP contribution in [0.1, 0.15) is 0 Å². The molecule has 2 aromatic rings. The maximum atomic E-state index is 11.3. The van der Waals surface area contributed by atoms with Crippen molar-refractivity contribution in [2.45, 2.75) is 0 Å². The van der Waals surface area contributed by atoms with E-state index >= 15 is 0 Å². The van der Waals surface area contributed by atoms with Crippen molar-refractivity contribution in [2.24, 2.45) is 0 Å². The summed E-state index contributed by atoms with van der Waals surface area (Å²) in [7, 11) is -3.29. The maximum absolute atomic E-state index is 11.3. The molecule has 0 atom stereocenters. The summed E-state index contributed by atoms with van der Waals surface area (Å²) in [5.41, 5.74) is 1.32. The van der Waals surface area contributed by atoms with Gasteiger partial charge >= 0.3 is 0 Å². The number of nitrogens with zero attached hydrogens (tertiary/aromatic N) is 1. The number of sulfonamides is 1. The molecule has 0 radical (unpaired) electrons. The molecule has 0 aliphatic carbocycles. The lowest BCUT2D eigenvalue weighted by atomic mass is 10.2. The fourth-order valence-electron chi connectivity index (χ4n) is 1.21. The van der Waals surface area contributed by atoms with Crippen LogP contribution in [0.3, 0.4) is 0 Å². The number of hydrogen-bond acceptors (Lipinski definition) is 3. The zero-order valence-corrected chi connectivity index (χ0v) is 9.97. The first-order chi connectivity index (χ1) is 7.11. The van der Waals surface area contributed by atoms with Gasteiger partial charge in [0.25, 0.3) is 0 Å². The van der Waals surface area contributed by atoms with E-state index in [-0.39, 0.29) is 4.66 Å². The number of aromatic nitrogens is 2. The molecule has 0 unspecified atom stereocenters. The van der Waals surface area contributed by atoms with Crippen molar-refractivity contribution < 1.29 is 8.42 Å². The molecular weight excluding hydrogens is 282 g/mol. The molecule has 0 saturated carbocycles. The molecular formula is C8H8BrN3O2S. The van der Waals surface area contributed by atoms with Gasteiger partial charge in [0, 0.05) is 5.39 Å². The molecule has 80 valence electrons. The number of hydrogen-bond donors (Lipinski definition) is 2. The van der Waals surface area contributed by atoms with Crippen molar-refractivity contribution in [2.75, 3.05) is 9.38 Å². The van der Waals surface area contributed by atoms with Crippen LogP contribution in [-0.2, 0) is 10.0 Å². The van der Waals surface area contributed by atoms with Crippen LogP contribution in [0.4, 0.5) is 5.69 Å². The Morgan fingerprint density at radius 3 is 3.00 bits per heavy atom. The van der Waals surface area contributed by atoms with Gasteiger partial charge in [0.15, 0.2) is 0 Å². The van der Waals surface area contributed by atoms with Crippen LogP contribution in [0, 0.1) is 0 Å². The molecule has 7 heteroatoms. The minimum atomic E-state index is -3.29. The van der Waals surface area contributed by atoms with E-state index in [0.717, 1.165) is 10.9 Å². The third kappa shape index (κ3) is 2.29. The number of nitrogens with one attached hydrogen (secondary N) is 2. The van der Waals surface area contributed by atoms with E-state index in [4.69, 9.17) is 0 Å². The van der Waals surface area contributed by atoms with Crippen LogP contribution in [-0.4, -0.2) is 23.3 Å². The second-order valence-electron chi connectivity index (χ2n) is 3.00. The van der Waals surface area contributed by atoms with Crippen LogP contribution < -0.4 is 4.72 Å². The lowest BCUT2D eigenvalue weighted by Gasteiger charge is -2.04. The predicted molar refractivity (Wildman–Crippen MR) is 62.4 cm³/mol. The molecule has 1 aromatic heterocycles. The first kappa shape index (κ1) is 10.4. The lowest BCUT2D eigenvalue weighted by Crippen LogP contribution is -2.12. The molecule has 0 aliphatic rings. The molecule has 1 aromatic carbocycles. The summed E-state index contributed by atoms with van der Waals surface area (Å²) >= 11 is 2.90. The van der Waals surface area contributed by atoms with E-state index in [1.54, 1.807) is 24.4 Å². The van der Waals surface area contributed by atoms with Gasteiger partial charge in [0.2, 0.25) is 10.0 Å². The number of fused-ring (bicyclic) bond motifs is 1. The molecule has 0 saturated heterocycles. The van der Waals surface area contributed by atoms with E-state index in [1.807, 2.05) is 0 Å². The van der Waals surface area contributed by atoms with E-state index in [0.29, 0.717) is 5.69 Å². The lowest BCUT2D eigenvalue weighted by molar-refractivity contribution is 0.606. The third-order valence-electron chi connectivity index (χ3n) is 1.86. The van der Waals surface area contributed by atoms with Crippen LogP contribution in [0.2, 0.25) is 0 Å². The second kappa shape index (κ2) is 3.82. The van der Waals surface area contributed by atoms with Gasteiger partial charge in [-0.1, -0.05) is 15.9 Å². The summed E-state index contributed by atoms with van der Waals surface area (Å²) in [4.78, 5) is 0. The topological polar surface area (TPSA) is 74.8 Å². The Bertz CT molecular complexity index is 578. The van der Waals surface area contributed by atoms with Crippen LogP contribution in [0.15, 0.2) is 24.4 Å². The van der Waals surface area contributed by atoms with Crippen molar-refractivity contribution >= 4 is 42.5 Å². The van der Waals surface area contributed by atoms with Crippen molar-refractivity contribution in [1.29, 1.82) is 0 Å². The average molecular weight is 290 g/mol. The van der Waals surface area contributed by atoms with Gasteiger partial charge in [-0.05, 0) is 18.2 Å². The number of H-pyrrole nitrogens is 1. The smallest absolute Gasteiger partial charge is 0.242 e. The number of anilines is 1. The fourth-order valence-corrected chi connectivity index (χ4v) is 2.09. The minimum Gasteiger partial charge on any atom is -0.283 e. The van der Waals surface area contributed by atoms with E-state index in [2.05, 4.69) is 30.8 Å². The number of benzene rings is 1. The molecule has 0 fully saturated rings. The summed E-state index contributed by atoms with van der Waals surface area (Å²) in [5, 5.41) is 7.56. The summed E-state index contributed by atoms with van der Waals surface area (Å²) < 4.78 is 24.8. The largest absolute Gasteiger partial charge is 0.283 e. The molecule has 2 rings (SSSR count). The highest BCUT2D eigenvalue weighted by Crippen LogP contribution is 2.17. The maximum Gasteiger partial charge on any atom is 0.242 e. The number of halogens is 1. The molecule has 0 amide bonds. The van der Waals surface area contributed by atoms with Crippen molar-refractivity contribution in [3.05, 3.63) is 24.4 Å². The van der Waals surface area contributed by atoms with Crippen molar-refractivity contribution in [1.82, 2.24) is 10.2 Å². The zero-order chi connectivity index (χ0) is 10.9. The Kier molecular flexibility index (Phi) is 2.66. The van der Waals surface area contributed by atoms with E-state index in [1.165, 1.54) is 0 Å². The van der Waals surface area contributed by atoms with Gasteiger partial charge in [-0.2, -0.15) is 5.10 Å². The fraction of sp³-hybridized carbons (Fsp3) is 0.125. The Hall–Kier alpha value is -1.08. The van der Waals surface area contributed by atoms with E-state index in [9.17, 15) is 8.42 Å². The summed E-state index contributed by atoms with van der Waals surface area (Å²) in [6.45, 7) is 0. The van der Waals surface area contributed by atoms with Gasteiger partial charge < -0.3 is 0 Å². The first-order valence-corrected chi connectivity index (χ1v) is 6.88. The monoisotopic (exact) mass is 289 g/mol. The predicted octanol–water partition coefficient (Wildman–Crippen LogP) is 1.66. The number of aromatic amines is 1. The molecule has 15 heavy (non-hydrogen) atoms. The Labute approximate surface area is 95.1 Å². The standard InChI is InChI=1S/C8H8BrN3O2S/c9-5-15(13,14)12-7-2-1-6-4-10-11-8(6)3-7/h1-4,12H,5H2,(H,10,11). The second-order valence-corrected chi connectivity index (χ2v) is 6.02. The summed E-state index contributed by atoms with van der Waals surface area (Å²) in [6, 6.07) is 5.19. The van der Waals surface area contributed by atoms with Crippen LogP contribution in [0.5, 0.6) is 0 Å². The normalized spacial score (nSPS) is 11.8. The van der Waals surface area contributed by atoms with Crippen molar-refractivity contribution in [3.63, 3.8) is 0 Å². The first-order valence-electron chi connectivity index (χ1n) is 4.10. The molecule has 0 aliphatic heterocycles. The quantitative estimate of drug-likeness (QED) is 0.844. The number of rotatable bonds is 3. The zero-order valence-electron chi connectivity index (χ0n) is 7.57. The molecule has 2 N–H and O–H groups in total. The molecule has 0 spiro atoms. The highest BCUT2D eigenvalue weighted by molar-refractivity contribution is 9.10. The Morgan fingerprint density at radius 1 is 1.47 bits per heavy atom. The Morgan fingerprint density at radius 2 is 2.27 bits per heavy atom. The van der Waals surface area contributed by atoms with Gasteiger partial charge in [0.05, 0.1) is 17.4 Å². The van der Waals surface area contributed by atoms with Gasteiger partial charge in [0.1, 0.15) is 4.66 Å². The third-order valence-corrected chi connectivity index (χ3v) is 4.50. The summed E-state index contributed by atoms with van der Waals surface area (Å²) in [5.74, 6) is 0. The minimum absolute atomic E-state index is 0.124. The average Bonchev–Trinajstić information content (AvgIpc) is 2.64. The molecule has 0 bridgehead atoms.